The second-order valence-corrected chi connectivity index (χ2v) is 9.34. The number of aryl methyl sites for hydroxylation is 2. The van der Waals surface area contributed by atoms with Gasteiger partial charge >= 0.3 is 0 Å². The zero-order valence-corrected chi connectivity index (χ0v) is 19.4. The lowest BCUT2D eigenvalue weighted by atomic mass is 10.0. The van der Waals surface area contributed by atoms with Crippen molar-refractivity contribution in [1.82, 2.24) is 25.5 Å². The number of thiocarbonyl (C=S) groups is 1. The summed E-state index contributed by atoms with van der Waals surface area (Å²) in [5.74, 6) is 0.692. The van der Waals surface area contributed by atoms with Crippen LogP contribution in [0, 0.1) is 6.92 Å². The van der Waals surface area contributed by atoms with Gasteiger partial charge in [0, 0.05) is 18.7 Å². The fraction of sp³-hybridized carbons (Fsp3) is 0.261. The second kappa shape index (κ2) is 10.1. The van der Waals surface area contributed by atoms with Gasteiger partial charge in [0.1, 0.15) is 4.32 Å². The van der Waals surface area contributed by atoms with E-state index in [1.165, 1.54) is 11.8 Å². The molecule has 32 heavy (non-hydrogen) atoms. The molecule has 0 bridgehead atoms. The van der Waals surface area contributed by atoms with Crippen molar-refractivity contribution >= 4 is 46.0 Å². The van der Waals surface area contributed by atoms with Crippen molar-refractivity contribution in [2.75, 3.05) is 12.3 Å². The molecule has 1 aliphatic rings. The van der Waals surface area contributed by atoms with Crippen LogP contribution in [0.1, 0.15) is 36.2 Å². The number of rotatable bonds is 8. The monoisotopic (exact) mass is 464 g/mol. The number of amides is 1. The highest BCUT2D eigenvalue weighted by molar-refractivity contribution is 8.26. The molecule has 7 nitrogen and oxygen atoms in total. The molecule has 9 heteroatoms. The summed E-state index contributed by atoms with van der Waals surface area (Å²) in [7, 11) is 0. The Balaban J connectivity index is 1.38. The Bertz CT molecular complexity index is 1160. The predicted molar refractivity (Wildman–Crippen MR) is 133 cm³/mol. The molecule has 0 unspecified atom stereocenters. The van der Waals surface area contributed by atoms with Gasteiger partial charge in [-0.05, 0) is 60.2 Å². The Morgan fingerprint density at radius 3 is 2.78 bits per heavy atom. The maximum Gasteiger partial charge on any atom is 0.266 e. The summed E-state index contributed by atoms with van der Waals surface area (Å²) in [6.07, 6.45) is 5.48. The molecular formula is C23H24N6OS2. The van der Waals surface area contributed by atoms with Crippen LogP contribution in [0.2, 0.25) is 0 Å². The van der Waals surface area contributed by atoms with Crippen molar-refractivity contribution in [1.29, 1.82) is 0 Å². The highest BCUT2D eigenvalue weighted by atomic mass is 32.2. The summed E-state index contributed by atoms with van der Waals surface area (Å²) in [4.78, 5) is 15.3. The van der Waals surface area contributed by atoms with E-state index in [9.17, 15) is 4.79 Å². The lowest BCUT2D eigenvalue weighted by molar-refractivity contribution is -0.122. The maximum atomic E-state index is 12.9. The molecule has 0 atom stereocenters. The van der Waals surface area contributed by atoms with Crippen molar-refractivity contribution < 1.29 is 4.79 Å². The van der Waals surface area contributed by atoms with E-state index < -0.39 is 0 Å². The number of unbranched alkanes of at least 4 members (excludes halogenated alkanes) is 2. The van der Waals surface area contributed by atoms with Crippen LogP contribution in [0.25, 0.3) is 17.2 Å². The number of anilines is 1. The number of hydrogen-bond acceptors (Lipinski definition) is 7. The Morgan fingerprint density at radius 2 is 2.00 bits per heavy atom. The van der Waals surface area contributed by atoms with Gasteiger partial charge in [-0.1, -0.05) is 65.9 Å². The number of thioether (sulfide) groups is 1. The molecule has 3 aromatic rings. The molecule has 0 radical (unpaired) electrons. The van der Waals surface area contributed by atoms with Crippen LogP contribution in [0.3, 0.4) is 0 Å². The minimum absolute atomic E-state index is 0.0249. The molecule has 2 aromatic carbocycles. The van der Waals surface area contributed by atoms with E-state index in [-0.39, 0.29) is 5.91 Å². The largest absolute Gasteiger partial charge is 0.398 e. The van der Waals surface area contributed by atoms with Crippen molar-refractivity contribution in [3.63, 3.8) is 0 Å². The van der Waals surface area contributed by atoms with E-state index in [1.807, 2.05) is 43.3 Å². The van der Waals surface area contributed by atoms with Crippen LogP contribution in [0.5, 0.6) is 0 Å². The van der Waals surface area contributed by atoms with E-state index in [0.29, 0.717) is 21.6 Å². The number of benzene rings is 2. The molecule has 4 rings (SSSR count). The SMILES string of the molecule is Cc1ccc(-c2cccc(C=C3SC(=S)N(CCCCCc4nn[nH]n4)C3=O)c2)cc1N. The highest BCUT2D eigenvalue weighted by Gasteiger charge is 2.31. The number of carbonyl (C=O) groups excluding carboxylic acids is 1. The molecule has 0 saturated carbocycles. The fourth-order valence-electron chi connectivity index (χ4n) is 3.49. The average Bonchev–Trinajstić information content (AvgIpc) is 3.39. The van der Waals surface area contributed by atoms with Crippen molar-refractivity contribution in [2.45, 2.75) is 32.6 Å². The van der Waals surface area contributed by atoms with E-state index in [4.69, 9.17) is 18.0 Å². The molecule has 164 valence electrons. The maximum absolute atomic E-state index is 12.9. The third-order valence-electron chi connectivity index (χ3n) is 5.34. The number of nitrogens with one attached hydrogen (secondary N) is 1. The van der Waals surface area contributed by atoms with E-state index in [2.05, 4.69) is 32.8 Å². The lowest BCUT2D eigenvalue weighted by Gasteiger charge is -2.13. The first-order valence-electron chi connectivity index (χ1n) is 10.5. The lowest BCUT2D eigenvalue weighted by Crippen LogP contribution is -2.29. The van der Waals surface area contributed by atoms with Crippen LogP contribution in [0.4, 0.5) is 5.69 Å². The number of hydrogen-bond donors (Lipinski definition) is 2. The third kappa shape index (κ3) is 5.23. The van der Waals surface area contributed by atoms with Crippen LogP contribution < -0.4 is 5.73 Å². The highest BCUT2D eigenvalue weighted by Crippen LogP contribution is 2.33. The number of tetrazole rings is 1. The number of aromatic nitrogens is 4. The number of nitrogens with zero attached hydrogens (tertiary/aromatic N) is 4. The number of aromatic amines is 1. The van der Waals surface area contributed by atoms with Crippen LogP contribution in [-0.2, 0) is 11.2 Å². The normalized spacial score (nSPS) is 15.2. The molecule has 0 aliphatic carbocycles. The summed E-state index contributed by atoms with van der Waals surface area (Å²) in [5, 5.41) is 13.9. The first kappa shape index (κ1) is 22.2. The quantitative estimate of drug-likeness (QED) is 0.221. The van der Waals surface area contributed by atoms with E-state index in [0.717, 1.165) is 53.6 Å². The first-order chi connectivity index (χ1) is 15.5. The van der Waals surface area contributed by atoms with Gasteiger partial charge in [0.25, 0.3) is 5.91 Å². The molecule has 1 aromatic heterocycles. The topological polar surface area (TPSA) is 101 Å². The van der Waals surface area contributed by atoms with E-state index >= 15 is 0 Å². The van der Waals surface area contributed by atoms with Crippen LogP contribution >= 0.6 is 24.0 Å². The van der Waals surface area contributed by atoms with Gasteiger partial charge in [-0.25, -0.2) is 0 Å². The number of nitrogens with two attached hydrogens (primary N) is 1. The first-order valence-corrected chi connectivity index (χ1v) is 11.7. The standard InChI is InChI=1S/C23H24N6OS2/c1-15-9-10-18(14-19(15)24)17-7-5-6-16(12-17)13-20-22(30)29(23(31)32-20)11-4-2-3-8-21-25-27-28-26-21/h5-7,9-10,12-14H,2-4,8,11,24H2,1H3,(H,25,26,27,28). The average molecular weight is 465 g/mol. The smallest absolute Gasteiger partial charge is 0.266 e. The third-order valence-corrected chi connectivity index (χ3v) is 6.72. The second-order valence-electron chi connectivity index (χ2n) is 7.67. The minimum Gasteiger partial charge on any atom is -0.398 e. The molecule has 0 spiro atoms. The number of nitrogen functional groups attached to an aromatic ring is 1. The Labute approximate surface area is 196 Å². The number of carbonyl (C=O) groups is 1. The van der Waals surface area contributed by atoms with Crippen molar-refractivity contribution in [3.05, 3.63) is 64.3 Å². The summed E-state index contributed by atoms with van der Waals surface area (Å²) in [6, 6.07) is 14.1. The zero-order chi connectivity index (χ0) is 22.5. The Hall–Kier alpha value is -3.04. The summed E-state index contributed by atoms with van der Waals surface area (Å²) < 4.78 is 0.613. The van der Waals surface area contributed by atoms with Crippen molar-refractivity contribution in [2.24, 2.45) is 0 Å². The van der Waals surface area contributed by atoms with Gasteiger partial charge in [0.2, 0.25) is 0 Å². The van der Waals surface area contributed by atoms with E-state index in [1.54, 1.807) is 4.90 Å². The zero-order valence-electron chi connectivity index (χ0n) is 17.7. The van der Waals surface area contributed by atoms with Gasteiger partial charge in [0.05, 0.1) is 4.91 Å². The molecule has 3 N–H and O–H groups in total. The van der Waals surface area contributed by atoms with Gasteiger partial charge in [-0.2, -0.15) is 5.21 Å². The van der Waals surface area contributed by atoms with Gasteiger partial charge in [-0.15, -0.1) is 10.2 Å². The van der Waals surface area contributed by atoms with Crippen LogP contribution in [-0.4, -0.2) is 42.3 Å². The predicted octanol–water partition coefficient (Wildman–Crippen LogP) is 4.37. The van der Waals surface area contributed by atoms with Gasteiger partial charge in [0.15, 0.2) is 5.82 Å². The van der Waals surface area contributed by atoms with Crippen LogP contribution in [0.15, 0.2) is 47.4 Å². The van der Waals surface area contributed by atoms with Gasteiger partial charge < -0.3 is 5.73 Å². The molecule has 1 fully saturated rings. The number of H-pyrrole nitrogens is 1. The fourth-order valence-corrected chi connectivity index (χ4v) is 4.80. The minimum atomic E-state index is -0.0249. The van der Waals surface area contributed by atoms with Crippen molar-refractivity contribution in [3.8, 4) is 11.1 Å². The molecule has 1 aliphatic heterocycles. The summed E-state index contributed by atoms with van der Waals surface area (Å²) in [6.45, 7) is 2.61. The molecular weight excluding hydrogens is 440 g/mol. The van der Waals surface area contributed by atoms with Gasteiger partial charge in [-0.3, -0.25) is 9.69 Å². The Morgan fingerprint density at radius 1 is 1.16 bits per heavy atom. The molecule has 1 saturated heterocycles. The molecule has 1 amide bonds. The summed E-state index contributed by atoms with van der Waals surface area (Å²) >= 11 is 6.82. The Kier molecular flexibility index (Phi) is 6.96. The summed E-state index contributed by atoms with van der Waals surface area (Å²) in [5.41, 5.74) is 11.0. The molecule has 2 heterocycles.